The van der Waals surface area contributed by atoms with E-state index in [1.165, 1.54) is 0 Å². The average Bonchev–Trinajstić information content (AvgIpc) is 2.36. The molecule has 0 fully saturated rings. The van der Waals surface area contributed by atoms with Crippen molar-refractivity contribution >= 4 is 23.0 Å². The largest absolute Gasteiger partial charge is 0.462 e. The molecule has 7 heteroatoms. The van der Waals surface area contributed by atoms with E-state index in [2.05, 4.69) is 15.0 Å². The smallest absolute Gasteiger partial charge is 0.340 e. The lowest BCUT2D eigenvalue weighted by molar-refractivity contribution is 0.0524. The average molecular weight is 276 g/mol. The molecule has 20 heavy (non-hydrogen) atoms. The van der Waals surface area contributed by atoms with E-state index in [9.17, 15) is 9.59 Å². The molecule has 0 aliphatic rings. The second kappa shape index (κ2) is 5.28. The van der Waals surface area contributed by atoms with E-state index in [0.29, 0.717) is 23.2 Å². The lowest BCUT2D eigenvalue weighted by Gasteiger charge is -2.12. The van der Waals surface area contributed by atoms with E-state index in [4.69, 9.17) is 10.5 Å². The van der Waals surface area contributed by atoms with Crippen LogP contribution in [0.2, 0.25) is 0 Å². The van der Waals surface area contributed by atoms with Gasteiger partial charge in [0.05, 0.1) is 23.3 Å². The lowest BCUT2D eigenvalue weighted by Crippen LogP contribution is -2.19. The number of esters is 1. The summed E-state index contributed by atoms with van der Waals surface area (Å²) in [7, 11) is 0. The number of hydrogen-bond donors (Lipinski definition) is 2. The van der Waals surface area contributed by atoms with Crippen LogP contribution in [0.25, 0.3) is 11.0 Å². The number of H-pyrrole nitrogens is 1. The first-order valence-electron chi connectivity index (χ1n) is 6.35. The summed E-state index contributed by atoms with van der Waals surface area (Å²) in [6.45, 7) is 5.52. The number of nitrogens with zero attached hydrogens (tertiary/aromatic N) is 2. The van der Waals surface area contributed by atoms with Crippen LogP contribution in [-0.4, -0.2) is 27.5 Å². The summed E-state index contributed by atoms with van der Waals surface area (Å²) in [6.07, 6.45) is 0.489. The van der Waals surface area contributed by atoms with E-state index >= 15 is 0 Å². The number of nitrogens with two attached hydrogens (primary N) is 1. The van der Waals surface area contributed by atoms with Crippen molar-refractivity contribution in [1.29, 1.82) is 0 Å². The van der Waals surface area contributed by atoms with Gasteiger partial charge in [-0.3, -0.25) is 9.78 Å². The van der Waals surface area contributed by atoms with Gasteiger partial charge in [0.15, 0.2) is 5.65 Å². The van der Waals surface area contributed by atoms with Gasteiger partial charge in [0.1, 0.15) is 0 Å². The standard InChI is InChI=1S/C13H16N4O3/c1-4-7-8(12(19)20-5-2)6(3)15-10-9(7)11(18)17-13(14)16-10/h4-5H2,1-3H3,(H3,14,15,16,17,18). The van der Waals surface area contributed by atoms with E-state index in [0.717, 1.165) is 0 Å². The lowest BCUT2D eigenvalue weighted by atomic mass is 10.0. The number of fused-ring (bicyclic) bond motifs is 1. The van der Waals surface area contributed by atoms with Crippen LogP contribution in [0.5, 0.6) is 0 Å². The van der Waals surface area contributed by atoms with Crippen molar-refractivity contribution in [2.75, 3.05) is 12.3 Å². The minimum atomic E-state index is -0.479. The Hall–Kier alpha value is -2.44. The van der Waals surface area contributed by atoms with Crippen molar-refractivity contribution in [3.8, 4) is 0 Å². The van der Waals surface area contributed by atoms with Gasteiger partial charge >= 0.3 is 5.97 Å². The predicted octanol–water partition coefficient (Wildman–Crippen LogP) is 0.948. The summed E-state index contributed by atoms with van der Waals surface area (Å²) in [5, 5.41) is 0.287. The van der Waals surface area contributed by atoms with Crippen molar-refractivity contribution in [2.24, 2.45) is 0 Å². The van der Waals surface area contributed by atoms with Crippen LogP contribution in [0.4, 0.5) is 5.95 Å². The molecule has 0 spiro atoms. The maximum Gasteiger partial charge on any atom is 0.340 e. The van der Waals surface area contributed by atoms with E-state index in [1.54, 1.807) is 13.8 Å². The van der Waals surface area contributed by atoms with Crippen LogP contribution in [0.15, 0.2) is 4.79 Å². The Morgan fingerprint density at radius 2 is 2.05 bits per heavy atom. The topological polar surface area (TPSA) is 111 Å². The van der Waals surface area contributed by atoms with Crippen molar-refractivity contribution in [3.63, 3.8) is 0 Å². The Morgan fingerprint density at radius 1 is 1.35 bits per heavy atom. The fraction of sp³-hybridized carbons (Fsp3) is 0.385. The molecule has 3 N–H and O–H groups in total. The molecule has 0 aliphatic carbocycles. The van der Waals surface area contributed by atoms with Gasteiger partial charge in [-0.25, -0.2) is 9.78 Å². The highest BCUT2D eigenvalue weighted by atomic mass is 16.5. The molecule has 2 rings (SSSR count). The molecule has 0 unspecified atom stereocenters. The zero-order valence-corrected chi connectivity index (χ0v) is 11.6. The third kappa shape index (κ3) is 2.22. The highest BCUT2D eigenvalue weighted by Crippen LogP contribution is 2.21. The second-order valence-corrected chi connectivity index (χ2v) is 4.27. The summed E-state index contributed by atoms with van der Waals surface area (Å²) >= 11 is 0. The summed E-state index contributed by atoms with van der Waals surface area (Å²) in [4.78, 5) is 34.7. The SMILES string of the molecule is CCOC(=O)c1c(C)nc2nc(N)[nH]c(=O)c2c1CC. The van der Waals surface area contributed by atoms with Gasteiger partial charge in [0.25, 0.3) is 5.56 Å². The van der Waals surface area contributed by atoms with Crippen molar-refractivity contribution in [2.45, 2.75) is 27.2 Å². The number of carbonyl (C=O) groups is 1. The number of pyridine rings is 1. The van der Waals surface area contributed by atoms with Crippen molar-refractivity contribution in [1.82, 2.24) is 15.0 Å². The van der Waals surface area contributed by atoms with E-state index in [1.807, 2.05) is 6.92 Å². The van der Waals surface area contributed by atoms with Crippen molar-refractivity contribution in [3.05, 3.63) is 27.2 Å². The molecule has 0 saturated carbocycles. The molecule has 0 radical (unpaired) electrons. The number of nitrogens with one attached hydrogen (secondary N) is 1. The summed E-state index contributed by atoms with van der Waals surface area (Å²) in [5.41, 5.74) is 6.75. The molecule has 0 saturated heterocycles. The molecule has 2 aromatic rings. The van der Waals surface area contributed by atoms with Crippen LogP contribution in [0, 0.1) is 6.92 Å². The number of anilines is 1. The second-order valence-electron chi connectivity index (χ2n) is 4.27. The van der Waals surface area contributed by atoms with Crippen LogP contribution >= 0.6 is 0 Å². The molecule has 7 nitrogen and oxygen atoms in total. The van der Waals surface area contributed by atoms with Gasteiger partial charge < -0.3 is 10.5 Å². The maximum absolute atomic E-state index is 12.1. The van der Waals surface area contributed by atoms with Gasteiger partial charge in [0, 0.05) is 0 Å². The first-order chi connectivity index (χ1) is 9.49. The van der Waals surface area contributed by atoms with Gasteiger partial charge in [-0.2, -0.15) is 4.98 Å². The van der Waals surface area contributed by atoms with Crippen molar-refractivity contribution < 1.29 is 9.53 Å². The molecular formula is C13H16N4O3. The highest BCUT2D eigenvalue weighted by molar-refractivity contribution is 5.97. The number of aryl methyl sites for hydroxylation is 2. The third-order valence-corrected chi connectivity index (χ3v) is 2.99. The number of aromatic nitrogens is 3. The molecule has 0 atom stereocenters. The Kier molecular flexibility index (Phi) is 3.69. The van der Waals surface area contributed by atoms with Gasteiger partial charge in [-0.1, -0.05) is 6.92 Å². The predicted molar refractivity (Wildman–Crippen MR) is 74.6 cm³/mol. The van der Waals surface area contributed by atoms with Gasteiger partial charge in [0.2, 0.25) is 5.95 Å². The normalized spacial score (nSPS) is 10.8. The van der Waals surface area contributed by atoms with Crippen LogP contribution in [0.3, 0.4) is 0 Å². The van der Waals surface area contributed by atoms with Gasteiger partial charge in [-0.05, 0) is 25.8 Å². The number of carbonyl (C=O) groups excluding carboxylic acids is 1. The zero-order chi connectivity index (χ0) is 14.9. The first kappa shape index (κ1) is 14.0. The highest BCUT2D eigenvalue weighted by Gasteiger charge is 2.21. The molecule has 0 amide bonds. The fourth-order valence-electron chi connectivity index (χ4n) is 2.22. The number of ether oxygens (including phenoxy) is 1. The van der Waals surface area contributed by atoms with Crippen LogP contribution < -0.4 is 11.3 Å². The molecule has 0 aliphatic heterocycles. The minimum Gasteiger partial charge on any atom is -0.462 e. The quantitative estimate of drug-likeness (QED) is 0.807. The molecule has 0 bridgehead atoms. The maximum atomic E-state index is 12.1. The molecule has 106 valence electrons. The third-order valence-electron chi connectivity index (χ3n) is 2.99. The number of nitrogen functional groups attached to an aromatic ring is 1. The van der Waals surface area contributed by atoms with E-state index < -0.39 is 11.5 Å². The molecule has 2 heterocycles. The zero-order valence-electron chi connectivity index (χ0n) is 11.6. The fourth-order valence-corrected chi connectivity index (χ4v) is 2.22. The Labute approximate surface area is 115 Å². The Balaban J connectivity index is 2.87. The Bertz CT molecular complexity index is 736. The minimum absolute atomic E-state index is 0.000313. The summed E-state index contributed by atoms with van der Waals surface area (Å²) in [6, 6.07) is 0. The van der Waals surface area contributed by atoms with Gasteiger partial charge in [-0.15, -0.1) is 0 Å². The molecular weight excluding hydrogens is 260 g/mol. The molecule has 2 aromatic heterocycles. The first-order valence-corrected chi connectivity index (χ1v) is 6.35. The summed E-state index contributed by atoms with van der Waals surface area (Å²) < 4.78 is 5.03. The summed E-state index contributed by atoms with van der Waals surface area (Å²) in [5.74, 6) is -0.479. The van der Waals surface area contributed by atoms with Crippen LogP contribution in [0.1, 0.15) is 35.5 Å². The molecule has 0 aromatic carbocycles. The number of aromatic amines is 1. The number of rotatable bonds is 3. The number of hydrogen-bond acceptors (Lipinski definition) is 6. The van der Waals surface area contributed by atoms with E-state index in [-0.39, 0.29) is 23.6 Å². The monoisotopic (exact) mass is 276 g/mol. The van der Waals surface area contributed by atoms with Crippen LogP contribution in [-0.2, 0) is 11.2 Å². The Morgan fingerprint density at radius 3 is 2.65 bits per heavy atom.